The van der Waals surface area contributed by atoms with Crippen LogP contribution in [-0.2, 0) is 0 Å². The van der Waals surface area contributed by atoms with Gasteiger partial charge in [0.2, 0.25) is 5.95 Å². The molecule has 0 amide bonds. The van der Waals surface area contributed by atoms with Gasteiger partial charge in [0.25, 0.3) is 0 Å². The van der Waals surface area contributed by atoms with Crippen LogP contribution in [0.2, 0.25) is 0 Å². The van der Waals surface area contributed by atoms with E-state index in [-0.39, 0.29) is 5.56 Å². The Labute approximate surface area is 152 Å². The SMILES string of the molecule is N#Cc1c(F)cccc1N1CCN(c2nccc(N3CCCC3)n2)CC1. The first-order chi connectivity index (χ1) is 12.8. The molecule has 0 aliphatic carbocycles. The summed E-state index contributed by atoms with van der Waals surface area (Å²) in [4.78, 5) is 15.7. The molecule has 3 heterocycles. The molecule has 0 spiro atoms. The number of nitriles is 1. The van der Waals surface area contributed by atoms with Crippen LogP contribution in [0.25, 0.3) is 0 Å². The van der Waals surface area contributed by atoms with Crippen LogP contribution in [0.3, 0.4) is 0 Å². The lowest BCUT2D eigenvalue weighted by atomic mass is 10.1. The quantitative estimate of drug-likeness (QED) is 0.845. The molecule has 26 heavy (non-hydrogen) atoms. The molecule has 0 atom stereocenters. The van der Waals surface area contributed by atoms with Crippen LogP contribution in [0.4, 0.5) is 21.8 Å². The van der Waals surface area contributed by atoms with Crippen LogP contribution in [0.15, 0.2) is 30.5 Å². The van der Waals surface area contributed by atoms with E-state index < -0.39 is 5.82 Å². The predicted molar refractivity (Wildman–Crippen MR) is 99.0 cm³/mol. The van der Waals surface area contributed by atoms with E-state index >= 15 is 0 Å². The predicted octanol–water partition coefficient (Wildman–Crippen LogP) is 2.41. The highest BCUT2D eigenvalue weighted by Gasteiger charge is 2.23. The molecule has 4 rings (SSSR count). The molecule has 0 radical (unpaired) electrons. The van der Waals surface area contributed by atoms with Gasteiger partial charge in [-0.2, -0.15) is 10.2 Å². The number of hydrogen-bond acceptors (Lipinski definition) is 6. The Morgan fingerprint density at radius 3 is 2.38 bits per heavy atom. The molecular weight excluding hydrogens is 331 g/mol. The van der Waals surface area contributed by atoms with Gasteiger partial charge in [0.15, 0.2) is 0 Å². The van der Waals surface area contributed by atoms with E-state index in [9.17, 15) is 9.65 Å². The van der Waals surface area contributed by atoms with E-state index in [1.807, 2.05) is 24.4 Å². The summed E-state index contributed by atoms with van der Waals surface area (Å²) in [6.45, 7) is 5.00. The molecular formula is C19H21FN6. The molecule has 134 valence electrons. The second kappa shape index (κ2) is 7.16. The van der Waals surface area contributed by atoms with Gasteiger partial charge in [-0.3, -0.25) is 0 Å². The van der Waals surface area contributed by atoms with Crippen molar-refractivity contribution in [2.45, 2.75) is 12.8 Å². The van der Waals surface area contributed by atoms with Gasteiger partial charge in [0, 0.05) is 45.5 Å². The highest BCUT2D eigenvalue weighted by molar-refractivity contribution is 5.60. The molecule has 1 aromatic carbocycles. The van der Waals surface area contributed by atoms with Gasteiger partial charge in [-0.1, -0.05) is 6.07 Å². The van der Waals surface area contributed by atoms with Crippen LogP contribution in [-0.4, -0.2) is 49.2 Å². The fourth-order valence-corrected chi connectivity index (χ4v) is 3.65. The van der Waals surface area contributed by atoms with Crippen molar-refractivity contribution in [3.63, 3.8) is 0 Å². The van der Waals surface area contributed by atoms with Crippen LogP contribution in [0.5, 0.6) is 0 Å². The molecule has 0 bridgehead atoms. The first-order valence-corrected chi connectivity index (χ1v) is 9.03. The van der Waals surface area contributed by atoms with Crippen molar-refractivity contribution in [3.05, 3.63) is 41.8 Å². The first-order valence-electron chi connectivity index (χ1n) is 9.03. The summed E-state index contributed by atoms with van der Waals surface area (Å²) in [6.07, 6.45) is 4.25. The Hall–Kier alpha value is -2.88. The molecule has 2 aliphatic heterocycles. The molecule has 2 saturated heterocycles. The van der Waals surface area contributed by atoms with E-state index in [1.165, 1.54) is 18.9 Å². The maximum Gasteiger partial charge on any atom is 0.227 e. The number of hydrogen-bond donors (Lipinski definition) is 0. The van der Waals surface area contributed by atoms with Gasteiger partial charge < -0.3 is 14.7 Å². The maximum atomic E-state index is 13.9. The lowest BCUT2D eigenvalue weighted by Gasteiger charge is -2.36. The highest BCUT2D eigenvalue weighted by atomic mass is 19.1. The van der Waals surface area contributed by atoms with Crippen molar-refractivity contribution >= 4 is 17.5 Å². The third kappa shape index (κ3) is 3.15. The van der Waals surface area contributed by atoms with Crippen molar-refractivity contribution < 1.29 is 4.39 Å². The Morgan fingerprint density at radius 2 is 1.65 bits per heavy atom. The van der Waals surface area contributed by atoms with Crippen LogP contribution < -0.4 is 14.7 Å². The number of benzene rings is 1. The largest absolute Gasteiger partial charge is 0.367 e. The zero-order valence-electron chi connectivity index (χ0n) is 14.6. The Bertz CT molecular complexity index is 819. The minimum absolute atomic E-state index is 0.119. The summed E-state index contributed by atoms with van der Waals surface area (Å²) in [6, 6.07) is 8.74. The molecule has 2 fully saturated rings. The molecule has 0 saturated carbocycles. The number of rotatable bonds is 3. The number of anilines is 3. The van der Waals surface area contributed by atoms with E-state index in [1.54, 1.807) is 6.07 Å². The van der Waals surface area contributed by atoms with Gasteiger partial charge in [0.05, 0.1) is 5.69 Å². The number of piperazine rings is 1. The Kier molecular flexibility index (Phi) is 4.57. The van der Waals surface area contributed by atoms with Crippen LogP contribution >= 0.6 is 0 Å². The van der Waals surface area contributed by atoms with Crippen molar-refractivity contribution in [1.82, 2.24) is 9.97 Å². The van der Waals surface area contributed by atoms with E-state index in [0.29, 0.717) is 18.8 Å². The summed E-state index contributed by atoms with van der Waals surface area (Å²) in [7, 11) is 0. The third-order valence-corrected chi connectivity index (χ3v) is 5.06. The minimum atomic E-state index is -0.464. The smallest absolute Gasteiger partial charge is 0.227 e. The van der Waals surface area contributed by atoms with Gasteiger partial charge in [0.1, 0.15) is 23.3 Å². The van der Waals surface area contributed by atoms with Crippen LogP contribution in [0.1, 0.15) is 18.4 Å². The standard InChI is InChI=1S/C19H21FN6/c20-16-4-3-5-17(15(16)14-21)24-10-12-26(13-11-24)19-22-7-6-18(23-19)25-8-1-2-9-25/h3-7H,1-2,8-13H2. The summed E-state index contributed by atoms with van der Waals surface area (Å²) in [5.74, 6) is 1.27. The molecule has 7 heteroatoms. The van der Waals surface area contributed by atoms with E-state index in [4.69, 9.17) is 4.98 Å². The first kappa shape index (κ1) is 16.6. The van der Waals surface area contributed by atoms with Crippen molar-refractivity contribution in [2.75, 3.05) is 54.0 Å². The molecule has 0 N–H and O–H groups in total. The second-order valence-corrected chi connectivity index (χ2v) is 6.63. The average molecular weight is 352 g/mol. The molecule has 2 aliphatic rings. The minimum Gasteiger partial charge on any atom is -0.367 e. The number of halogens is 1. The normalized spacial score (nSPS) is 17.5. The zero-order valence-corrected chi connectivity index (χ0v) is 14.6. The number of nitrogens with zero attached hydrogens (tertiary/aromatic N) is 6. The zero-order chi connectivity index (χ0) is 17.9. The van der Waals surface area contributed by atoms with Crippen molar-refractivity contribution in [1.29, 1.82) is 5.26 Å². The summed E-state index contributed by atoms with van der Waals surface area (Å²) < 4.78 is 13.9. The fraction of sp³-hybridized carbons (Fsp3) is 0.421. The molecule has 6 nitrogen and oxygen atoms in total. The second-order valence-electron chi connectivity index (χ2n) is 6.63. The van der Waals surface area contributed by atoms with Gasteiger partial charge in [-0.25, -0.2) is 9.37 Å². The van der Waals surface area contributed by atoms with Gasteiger partial charge >= 0.3 is 0 Å². The average Bonchev–Trinajstić information content (AvgIpc) is 3.23. The van der Waals surface area contributed by atoms with E-state index in [2.05, 4.69) is 19.7 Å². The molecule has 0 unspecified atom stereocenters. The summed E-state index contributed by atoms with van der Waals surface area (Å²) in [5.41, 5.74) is 0.784. The fourth-order valence-electron chi connectivity index (χ4n) is 3.65. The Morgan fingerprint density at radius 1 is 0.923 bits per heavy atom. The number of aromatic nitrogens is 2. The maximum absolute atomic E-state index is 13.9. The highest BCUT2D eigenvalue weighted by Crippen LogP contribution is 2.25. The topological polar surface area (TPSA) is 59.3 Å². The monoisotopic (exact) mass is 352 g/mol. The van der Waals surface area contributed by atoms with E-state index in [0.717, 1.165) is 37.9 Å². The van der Waals surface area contributed by atoms with Crippen LogP contribution in [0, 0.1) is 17.1 Å². The van der Waals surface area contributed by atoms with Crippen molar-refractivity contribution in [2.24, 2.45) is 0 Å². The third-order valence-electron chi connectivity index (χ3n) is 5.06. The summed E-state index contributed by atoms with van der Waals surface area (Å²) >= 11 is 0. The molecule has 1 aromatic heterocycles. The Balaban J connectivity index is 1.47. The lowest BCUT2D eigenvalue weighted by Crippen LogP contribution is -2.47. The van der Waals surface area contributed by atoms with Gasteiger partial charge in [-0.15, -0.1) is 0 Å². The molecule has 2 aromatic rings. The van der Waals surface area contributed by atoms with Crippen molar-refractivity contribution in [3.8, 4) is 6.07 Å². The summed E-state index contributed by atoms with van der Waals surface area (Å²) in [5, 5.41) is 9.24. The lowest BCUT2D eigenvalue weighted by molar-refractivity contribution is 0.614. The van der Waals surface area contributed by atoms with Gasteiger partial charge in [-0.05, 0) is 31.0 Å².